The van der Waals surface area contributed by atoms with Crippen LogP contribution in [0.5, 0.6) is 0 Å². The van der Waals surface area contributed by atoms with Crippen LogP contribution < -0.4 is 5.69 Å². The maximum absolute atomic E-state index is 12.7. The van der Waals surface area contributed by atoms with E-state index >= 15 is 0 Å². The Morgan fingerprint density at radius 2 is 1.85 bits per heavy atom. The van der Waals surface area contributed by atoms with Gasteiger partial charge in [0.15, 0.2) is 0 Å². The summed E-state index contributed by atoms with van der Waals surface area (Å²) in [7, 11) is 0. The van der Waals surface area contributed by atoms with Crippen LogP contribution in [0.3, 0.4) is 0 Å². The fourth-order valence-corrected chi connectivity index (χ4v) is 4.96. The third kappa shape index (κ3) is 2.81. The molecule has 1 aromatic carbocycles. The Kier molecular flexibility index (Phi) is 3.98. The van der Waals surface area contributed by atoms with Gasteiger partial charge in [-0.15, -0.1) is 0 Å². The zero-order valence-electron chi connectivity index (χ0n) is 15.7. The Morgan fingerprint density at radius 3 is 2.54 bits per heavy atom. The molecule has 2 aromatic rings. The van der Waals surface area contributed by atoms with Crippen molar-refractivity contribution in [2.75, 3.05) is 26.3 Å². The predicted molar refractivity (Wildman–Crippen MR) is 103 cm³/mol. The standard InChI is InChI=1S/C21H29N3O2/c1-21(8-12-26-13-9-21)23-10-6-17(7-11-23)24-19-14-16(15-2-3-15)4-5-18(19)22-20(24)25/h4-5,14-15,17H,2-3,6-13H2,1H3,(H,22,25). The summed E-state index contributed by atoms with van der Waals surface area (Å²) in [5.74, 6) is 0.716. The fourth-order valence-electron chi connectivity index (χ4n) is 4.96. The molecule has 1 aromatic heterocycles. The van der Waals surface area contributed by atoms with E-state index in [9.17, 15) is 4.79 Å². The van der Waals surface area contributed by atoms with Crippen LogP contribution in [0.25, 0.3) is 11.0 Å². The van der Waals surface area contributed by atoms with Crippen LogP contribution >= 0.6 is 0 Å². The number of aromatic nitrogens is 2. The van der Waals surface area contributed by atoms with Gasteiger partial charge in [-0.2, -0.15) is 0 Å². The van der Waals surface area contributed by atoms with E-state index in [1.807, 2.05) is 4.57 Å². The average molecular weight is 355 g/mol. The van der Waals surface area contributed by atoms with E-state index in [-0.39, 0.29) is 11.2 Å². The highest BCUT2D eigenvalue weighted by molar-refractivity contribution is 5.76. The van der Waals surface area contributed by atoms with Crippen LogP contribution in [0.15, 0.2) is 23.0 Å². The zero-order chi connectivity index (χ0) is 17.7. The third-order valence-corrected chi connectivity index (χ3v) is 6.95. The SMILES string of the molecule is CC1(N2CCC(n3c(=O)[nH]c4ccc(C5CC5)cc43)CC2)CCOCC1. The number of nitrogens with one attached hydrogen (secondary N) is 1. The number of nitrogens with zero attached hydrogens (tertiary/aromatic N) is 2. The van der Waals surface area contributed by atoms with Gasteiger partial charge in [-0.05, 0) is 69.1 Å². The van der Waals surface area contributed by atoms with Crippen molar-refractivity contribution in [3.63, 3.8) is 0 Å². The number of benzene rings is 1. The molecule has 1 N–H and O–H groups in total. The van der Waals surface area contributed by atoms with Crippen LogP contribution in [-0.2, 0) is 4.74 Å². The summed E-state index contributed by atoms with van der Waals surface area (Å²) < 4.78 is 7.61. The second kappa shape index (κ2) is 6.24. The number of piperidine rings is 1. The maximum Gasteiger partial charge on any atom is 0.326 e. The van der Waals surface area contributed by atoms with Crippen LogP contribution in [0.1, 0.15) is 63.0 Å². The topological polar surface area (TPSA) is 50.3 Å². The molecule has 140 valence electrons. The number of likely N-dealkylation sites (tertiary alicyclic amines) is 1. The van der Waals surface area contributed by atoms with E-state index in [4.69, 9.17) is 4.74 Å². The van der Waals surface area contributed by atoms with Crippen molar-refractivity contribution >= 4 is 11.0 Å². The smallest absolute Gasteiger partial charge is 0.326 e. The summed E-state index contributed by atoms with van der Waals surface area (Å²) in [6, 6.07) is 6.86. The summed E-state index contributed by atoms with van der Waals surface area (Å²) >= 11 is 0. The summed E-state index contributed by atoms with van der Waals surface area (Å²) in [5.41, 5.74) is 3.82. The number of hydrogen-bond acceptors (Lipinski definition) is 3. The van der Waals surface area contributed by atoms with Gasteiger partial charge >= 0.3 is 5.69 Å². The molecule has 2 aliphatic heterocycles. The van der Waals surface area contributed by atoms with Gasteiger partial charge in [0.1, 0.15) is 0 Å². The Labute approximate surface area is 154 Å². The minimum Gasteiger partial charge on any atom is -0.381 e. The van der Waals surface area contributed by atoms with Gasteiger partial charge in [0.25, 0.3) is 0 Å². The van der Waals surface area contributed by atoms with E-state index in [1.54, 1.807) is 0 Å². The second-order valence-electron chi connectivity index (χ2n) is 8.68. The van der Waals surface area contributed by atoms with Gasteiger partial charge in [-0.3, -0.25) is 9.47 Å². The van der Waals surface area contributed by atoms with Crippen molar-refractivity contribution in [1.29, 1.82) is 0 Å². The first kappa shape index (κ1) is 16.6. The average Bonchev–Trinajstić information content (AvgIpc) is 3.45. The normalized spacial score (nSPS) is 25.0. The van der Waals surface area contributed by atoms with Crippen molar-refractivity contribution < 1.29 is 4.74 Å². The zero-order valence-corrected chi connectivity index (χ0v) is 15.7. The summed E-state index contributed by atoms with van der Waals surface area (Å²) in [5, 5.41) is 0. The van der Waals surface area contributed by atoms with E-state index in [0.717, 1.165) is 63.0 Å². The lowest BCUT2D eigenvalue weighted by molar-refractivity contribution is -0.0312. The Hall–Kier alpha value is -1.59. The fraction of sp³-hybridized carbons (Fsp3) is 0.667. The number of rotatable bonds is 3. The predicted octanol–water partition coefficient (Wildman–Crippen LogP) is 3.41. The number of fused-ring (bicyclic) bond motifs is 1. The van der Waals surface area contributed by atoms with Crippen molar-refractivity contribution in [2.24, 2.45) is 0 Å². The number of aromatic amines is 1. The van der Waals surface area contributed by atoms with Crippen molar-refractivity contribution in [1.82, 2.24) is 14.5 Å². The third-order valence-electron chi connectivity index (χ3n) is 6.95. The minimum absolute atomic E-state index is 0.0590. The Bertz CT molecular complexity index is 850. The summed E-state index contributed by atoms with van der Waals surface area (Å²) in [6.45, 7) is 6.28. The van der Waals surface area contributed by atoms with Gasteiger partial charge in [-0.1, -0.05) is 6.07 Å². The molecule has 3 fully saturated rings. The van der Waals surface area contributed by atoms with Crippen molar-refractivity contribution in [3.8, 4) is 0 Å². The molecule has 0 bridgehead atoms. The molecule has 26 heavy (non-hydrogen) atoms. The Balaban J connectivity index is 1.38. The largest absolute Gasteiger partial charge is 0.381 e. The van der Waals surface area contributed by atoms with Crippen LogP contribution in [0, 0.1) is 0 Å². The van der Waals surface area contributed by atoms with E-state index in [0.29, 0.717) is 12.0 Å². The highest BCUT2D eigenvalue weighted by Gasteiger charge is 2.36. The molecule has 0 radical (unpaired) electrons. The molecule has 0 atom stereocenters. The van der Waals surface area contributed by atoms with Crippen molar-refractivity contribution in [2.45, 2.75) is 62.9 Å². The highest BCUT2D eigenvalue weighted by atomic mass is 16.5. The van der Waals surface area contributed by atoms with E-state index in [1.165, 1.54) is 18.4 Å². The molecule has 3 aliphatic rings. The molecule has 5 rings (SSSR count). The molecule has 5 heteroatoms. The Morgan fingerprint density at radius 1 is 1.12 bits per heavy atom. The first-order chi connectivity index (χ1) is 12.6. The van der Waals surface area contributed by atoms with Gasteiger partial charge in [0.2, 0.25) is 0 Å². The molecule has 1 saturated carbocycles. The molecular formula is C21H29N3O2. The number of H-pyrrole nitrogens is 1. The maximum atomic E-state index is 12.7. The summed E-state index contributed by atoms with van der Waals surface area (Å²) in [6.07, 6.45) is 6.93. The molecule has 3 heterocycles. The molecule has 0 amide bonds. The second-order valence-corrected chi connectivity index (χ2v) is 8.68. The van der Waals surface area contributed by atoms with E-state index < -0.39 is 0 Å². The lowest BCUT2D eigenvalue weighted by atomic mass is 9.87. The van der Waals surface area contributed by atoms with Crippen molar-refractivity contribution in [3.05, 3.63) is 34.2 Å². The quantitative estimate of drug-likeness (QED) is 0.918. The van der Waals surface area contributed by atoms with Gasteiger partial charge in [0, 0.05) is 37.9 Å². The molecule has 5 nitrogen and oxygen atoms in total. The van der Waals surface area contributed by atoms with Gasteiger partial charge < -0.3 is 9.72 Å². The molecule has 2 saturated heterocycles. The molecule has 1 aliphatic carbocycles. The lowest BCUT2D eigenvalue weighted by Crippen LogP contribution is -2.53. The van der Waals surface area contributed by atoms with Crippen LogP contribution in [0.2, 0.25) is 0 Å². The number of ether oxygens (including phenoxy) is 1. The molecule has 0 unspecified atom stereocenters. The highest BCUT2D eigenvalue weighted by Crippen LogP contribution is 2.41. The van der Waals surface area contributed by atoms with Gasteiger partial charge in [0.05, 0.1) is 11.0 Å². The molecule has 0 spiro atoms. The number of imidazole rings is 1. The lowest BCUT2D eigenvalue weighted by Gasteiger charge is -2.47. The van der Waals surface area contributed by atoms with Crippen LogP contribution in [0.4, 0.5) is 0 Å². The van der Waals surface area contributed by atoms with Crippen LogP contribution in [-0.4, -0.2) is 46.3 Å². The first-order valence-electron chi connectivity index (χ1n) is 10.2. The minimum atomic E-state index is 0.0590. The van der Waals surface area contributed by atoms with E-state index in [2.05, 4.69) is 35.0 Å². The number of hydrogen-bond donors (Lipinski definition) is 1. The van der Waals surface area contributed by atoms with Gasteiger partial charge in [-0.25, -0.2) is 4.79 Å². The monoisotopic (exact) mass is 355 g/mol. The summed E-state index contributed by atoms with van der Waals surface area (Å²) in [4.78, 5) is 18.4. The molecular weight excluding hydrogens is 326 g/mol. The first-order valence-corrected chi connectivity index (χ1v) is 10.2.